The van der Waals surface area contributed by atoms with Gasteiger partial charge in [-0.25, -0.2) is 0 Å². The molecule has 1 unspecified atom stereocenters. The van der Waals surface area contributed by atoms with Crippen LogP contribution in [0.3, 0.4) is 0 Å². The van der Waals surface area contributed by atoms with Gasteiger partial charge >= 0.3 is 0 Å². The zero-order valence-electron chi connectivity index (χ0n) is 16.7. The van der Waals surface area contributed by atoms with Crippen molar-refractivity contribution in [3.63, 3.8) is 0 Å². The summed E-state index contributed by atoms with van der Waals surface area (Å²) in [6, 6.07) is 15.6. The SMILES string of the molecule is C=CC(=O)Nc1ccc(C(C)C/C=C\C(=O)Nc2cccc(C(C)C)c2)cc1. The van der Waals surface area contributed by atoms with Gasteiger partial charge in [0.15, 0.2) is 0 Å². The van der Waals surface area contributed by atoms with Gasteiger partial charge in [-0.05, 0) is 65.8 Å². The van der Waals surface area contributed by atoms with Gasteiger partial charge in [-0.15, -0.1) is 0 Å². The number of hydrogen-bond acceptors (Lipinski definition) is 2. The maximum Gasteiger partial charge on any atom is 0.248 e. The summed E-state index contributed by atoms with van der Waals surface area (Å²) in [6.45, 7) is 9.79. The van der Waals surface area contributed by atoms with Crippen LogP contribution in [0, 0.1) is 0 Å². The molecule has 1 atom stereocenters. The monoisotopic (exact) mass is 376 g/mol. The van der Waals surface area contributed by atoms with Crippen molar-refractivity contribution >= 4 is 23.2 Å². The van der Waals surface area contributed by atoms with E-state index in [1.54, 1.807) is 6.08 Å². The summed E-state index contributed by atoms with van der Waals surface area (Å²) in [4.78, 5) is 23.5. The minimum atomic E-state index is -0.228. The lowest BCUT2D eigenvalue weighted by Gasteiger charge is -2.11. The number of nitrogens with one attached hydrogen (secondary N) is 2. The quantitative estimate of drug-likeness (QED) is 0.587. The Balaban J connectivity index is 1.87. The van der Waals surface area contributed by atoms with Gasteiger partial charge in [0.1, 0.15) is 0 Å². The number of allylic oxidation sites excluding steroid dienone is 1. The third kappa shape index (κ3) is 6.54. The molecule has 146 valence electrons. The summed E-state index contributed by atoms with van der Waals surface area (Å²) in [6.07, 6.45) is 5.46. The molecule has 2 aromatic rings. The van der Waals surface area contributed by atoms with Crippen molar-refractivity contribution in [2.75, 3.05) is 10.6 Å². The third-order valence-electron chi connectivity index (χ3n) is 4.51. The number of anilines is 2. The van der Waals surface area contributed by atoms with Crippen LogP contribution >= 0.6 is 0 Å². The smallest absolute Gasteiger partial charge is 0.248 e. The van der Waals surface area contributed by atoms with Gasteiger partial charge in [0.25, 0.3) is 0 Å². The van der Waals surface area contributed by atoms with Gasteiger partial charge in [-0.3, -0.25) is 9.59 Å². The van der Waals surface area contributed by atoms with Crippen LogP contribution in [0.4, 0.5) is 11.4 Å². The van der Waals surface area contributed by atoms with Gasteiger partial charge in [-0.1, -0.05) is 57.7 Å². The van der Waals surface area contributed by atoms with E-state index < -0.39 is 0 Å². The summed E-state index contributed by atoms with van der Waals surface area (Å²) in [5, 5.41) is 5.63. The molecule has 2 N–H and O–H groups in total. The summed E-state index contributed by atoms with van der Waals surface area (Å²) in [5.74, 6) is 0.325. The highest BCUT2D eigenvalue weighted by Crippen LogP contribution is 2.22. The average Bonchev–Trinajstić information content (AvgIpc) is 2.68. The summed E-state index contributed by atoms with van der Waals surface area (Å²) < 4.78 is 0. The van der Waals surface area contributed by atoms with E-state index in [1.165, 1.54) is 11.6 Å². The Morgan fingerprint density at radius 3 is 2.25 bits per heavy atom. The number of hydrogen-bond donors (Lipinski definition) is 2. The summed E-state index contributed by atoms with van der Waals surface area (Å²) >= 11 is 0. The zero-order valence-corrected chi connectivity index (χ0v) is 16.7. The van der Waals surface area contributed by atoms with Gasteiger partial charge in [0, 0.05) is 11.4 Å². The molecule has 2 rings (SSSR count). The summed E-state index contributed by atoms with van der Waals surface area (Å²) in [7, 11) is 0. The van der Waals surface area contributed by atoms with E-state index >= 15 is 0 Å². The topological polar surface area (TPSA) is 58.2 Å². The van der Waals surface area contributed by atoms with Crippen molar-refractivity contribution in [2.45, 2.75) is 39.0 Å². The Kier molecular flexibility index (Phi) is 7.76. The Hall–Kier alpha value is -3.14. The van der Waals surface area contributed by atoms with E-state index in [9.17, 15) is 9.59 Å². The lowest BCUT2D eigenvalue weighted by Crippen LogP contribution is -2.08. The Bertz CT molecular complexity index is 851. The van der Waals surface area contributed by atoms with E-state index in [4.69, 9.17) is 0 Å². The number of benzene rings is 2. The number of carbonyl (C=O) groups excluding carboxylic acids is 2. The first-order chi connectivity index (χ1) is 13.4. The first-order valence-electron chi connectivity index (χ1n) is 9.50. The molecule has 4 nitrogen and oxygen atoms in total. The van der Waals surface area contributed by atoms with Gasteiger partial charge in [0.2, 0.25) is 11.8 Å². The van der Waals surface area contributed by atoms with Gasteiger partial charge in [0.05, 0.1) is 0 Å². The zero-order chi connectivity index (χ0) is 20.5. The van der Waals surface area contributed by atoms with Crippen LogP contribution in [0.2, 0.25) is 0 Å². The third-order valence-corrected chi connectivity index (χ3v) is 4.51. The minimum Gasteiger partial charge on any atom is -0.323 e. The Morgan fingerprint density at radius 1 is 0.929 bits per heavy atom. The van der Waals surface area contributed by atoms with Crippen molar-refractivity contribution in [1.82, 2.24) is 0 Å². The summed E-state index contributed by atoms with van der Waals surface area (Å²) in [5.41, 5.74) is 3.89. The lowest BCUT2D eigenvalue weighted by atomic mass is 9.97. The van der Waals surface area contributed by atoms with Crippen LogP contribution in [0.15, 0.2) is 73.3 Å². The maximum absolute atomic E-state index is 12.1. The van der Waals surface area contributed by atoms with Crippen LogP contribution in [-0.2, 0) is 9.59 Å². The molecule has 0 fully saturated rings. The highest BCUT2D eigenvalue weighted by molar-refractivity contribution is 5.99. The highest BCUT2D eigenvalue weighted by Gasteiger charge is 2.06. The van der Waals surface area contributed by atoms with Crippen LogP contribution in [0.1, 0.15) is 50.2 Å². The number of carbonyl (C=O) groups is 2. The van der Waals surface area contributed by atoms with E-state index in [0.717, 1.165) is 23.4 Å². The van der Waals surface area contributed by atoms with Crippen molar-refractivity contribution < 1.29 is 9.59 Å². The molecule has 0 aliphatic heterocycles. The molecular formula is C24H28N2O2. The van der Waals surface area contributed by atoms with E-state index in [2.05, 4.69) is 44.1 Å². The fourth-order valence-corrected chi connectivity index (χ4v) is 2.76. The van der Waals surface area contributed by atoms with Gasteiger partial charge < -0.3 is 10.6 Å². The van der Waals surface area contributed by atoms with E-state index in [0.29, 0.717) is 5.92 Å². The molecular weight excluding hydrogens is 348 g/mol. The predicted octanol–water partition coefficient (Wildman–Crippen LogP) is 5.62. The highest BCUT2D eigenvalue weighted by atomic mass is 16.2. The lowest BCUT2D eigenvalue weighted by molar-refractivity contribution is -0.112. The second kappa shape index (κ2) is 10.3. The molecule has 0 radical (unpaired) electrons. The first-order valence-corrected chi connectivity index (χ1v) is 9.50. The number of rotatable bonds is 8. The second-order valence-electron chi connectivity index (χ2n) is 7.12. The maximum atomic E-state index is 12.1. The van der Waals surface area contributed by atoms with Crippen LogP contribution < -0.4 is 10.6 Å². The molecule has 2 amide bonds. The van der Waals surface area contributed by atoms with E-state index in [-0.39, 0.29) is 17.7 Å². The Morgan fingerprint density at radius 2 is 1.61 bits per heavy atom. The molecule has 0 aromatic heterocycles. The van der Waals surface area contributed by atoms with Crippen LogP contribution in [-0.4, -0.2) is 11.8 Å². The molecule has 0 heterocycles. The van der Waals surface area contributed by atoms with Crippen LogP contribution in [0.25, 0.3) is 0 Å². The van der Waals surface area contributed by atoms with Crippen LogP contribution in [0.5, 0.6) is 0 Å². The van der Waals surface area contributed by atoms with Crippen molar-refractivity contribution in [3.8, 4) is 0 Å². The molecule has 2 aromatic carbocycles. The van der Waals surface area contributed by atoms with Crippen molar-refractivity contribution in [2.24, 2.45) is 0 Å². The molecule has 0 saturated heterocycles. The largest absolute Gasteiger partial charge is 0.323 e. The molecule has 0 bridgehead atoms. The molecule has 4 heteroatoms. The fourth-order valence-electron chi connectivity index (χ4n) is 2.76. The van der Waals surface area contributed by atoms with Crippen molar-refractivity contribution in [1.29, 1.82) is 0 Å². The predicted molar refractivity (Wildman–Crippen MR) is 117 cm³/mol. The molecule has 0 spiro atoms. The van der Waals surface area contributed by atoms with E-state index in [1.807, 2.05) is 48.5 Å². The second-order valence-corrected chi connectivity index (χ2v) is 7.12. The normalized spacial score (nSPS) is 12.0. The van der Waals surface area contributed by atoms with Crippen molar-refractivity contribution in [3.05, 3.63) is 84.5 Å². The standard InChI is InChI=1S/C24H28N2O2/c1-5-23(27)25-21-14-12-19(13-15-21)18(4)8-6-11-24(28)26-22-10-7-9-20(16-22)17(2)3/h5-7,9-18H,1,8H2,2-4H3,(H,25,27)(H,26,28)/b11-6-. The minimum absolute atomic E-state index is 0.129. The molecule has 28 heavy (non-hydrogen) atoms. The molecule has 0 saturated carbocycles. The average molecular weight is 377 g/mol. The first kappa shape index (κ1) is 21.2. The fraction of sp³-hybridized carbons (Fsp3) is 0.250. The molecule has 0 aliphatic carbocycles. The Labute approximate surface area is 167 Å². The van der Waals surface area contributed by atoms with Gasteiger partial charge in [-0.2, -0.15) is 0 Å². The number of amides is 2. The molecule has 0 aliphatic rings.